The van der Waals surface area contributed by atoms with E-state index >= 15 is 0 Å². The second kappa shape index (κ2) is 23.6. The maximum absolute atomic E-state index is 14.4. The van der Waals surface area contributed by atoms with E-state index in [-0.39, 0.29) is 30.7 Å². The molecule has 0 saturated heterocycles. The van der Waals surface area contributed by atoms with Crippen molar-refractivity contribution in [1.29, 1.82) is 0 Å². The van der Waals surface area contributed by atoms with Gasteiger partial charge < -0.3 is 0 Å². The predicted octanol–water partition coefficient (Wildman–Crippen LogP) is 18.6. The summed E-state index contributed by atoms with van der Waals surface area (Å²) >= 11 is 6.18. The third-order valence-corrected chi connectivity index (χ3v) is 19.3. The molecule has 0 atom stereocenters. The van der Waals surface area contributed by atoms with Crippen molar-refractivity contribution in [1.82, 2.24) is 0 Å². The van der Waals surface area contributed by atoms with Crippen molar-refractivity contribution in [3.05, 3.63) is 249 Å². The third-order valence-electron chi connectivity index (χ3n) is 13.1. The summed E-state index contributed by atoms with van der Waals surface area (Å²) in [5.41, 5.74) is 9.00. The van der Waals surface area contributed by atoms with E-state index in [9.17, 15) is 28.8 Å². The van der Waals surface area contributed by atoms with Gasteiger partial charge in [-0.3, -0.25) is 28.8 Å². The molecular weight excluding hydrogens is 1080 g/mol. The Morgan fingerprint density at radius 2 is 0.321 bits per heavy atom. The highest BCUT2D eigenvalue weighted by Crippen LogP contribution is 2.49. The Balaban J connectivity index is 1.26. The number of aryl methyl sites for hydroxylation is 6. The van der Waals surface area contributed by atoms with Crippen LogP contribution in [-0.4, -0.2) is 30.7 Å². The van der Waals surface area contributed by atoms with Gasteiger partial charge in [0, 0.05) is 62.8 Å². The Bertz CT molecular complexity index is 3330. The lowest BCUT2D eigenvalue weighted by Crippen LogP contribution is -2.00. The molecule has 0 heterocycles. The van der Waals surface area contributed by atoms with Gasteiger partial charge in [-0.2, -0.15) is 0 Å². The van der Waals surface area contributed by atoms with E-state index in [4.69, 9.17) is 0 Å². The number of rotatable bonds is 12. The first-order valence-corrected chi connectivity index (χ1v) is 29.7. The lowest BCUT2D eigenvalue weighted by atomic mass is 9.94. The molecule has 10 rings (SSSR count). The van der Waals surface area contributed by atoms with E-state index in [2.05, 4.69) is 0 Å². The summed E-state index contributed by atoms with van der Waals surface area (Å²) in [5, 5.41) is 2.90. The average Bonchev–Trinajstić information content (AvgIpc) is 3.54. The zero-order valence-corrected chi connectivity index (χ0v) is 48.1. The SMILES string of the molecule is Cc1ccc(C(=O)Sc2cc3c4cc(SC(=O)c5ccc(C)cc5)c(SC(=O)c5ccc(C)cc5)cc4c4cc(SC(=O)c5ccc(C)cc5)c(SC(=O)c5ccc(C)cc5)cc4c3cc2SC(=O)c2ccc(C)cc2)cc1. The molecule has 0 bridgehead atoms. The molecule has 0 aliphatic carbocycles. The summed E-state index contributed by atoms with van der Waals surface area (Å²) < 4.78 is 0. The molecule has 384 valence electrons. The van der Waals surface area contributed by atoms with Crippen LogP contribution in [0.1, 0.15) is 95.5 Å². The Morgan fingerprint density at radius 3 is 0.436 bits per heavy atom. The maximum atomic E-state index is 14.4. The molecular formula is C66H48O6S6. The second-order valence-corrected chi connectivity index (χ2v) is 25.2. The fourth-order valence-electron chi connectivity index (χ4n) is 8.59. The molecule has 6 nitrogen and oxygen atoms in total. The van der Waals surface area contributed by atoms with Crippen LogP contribution < -0.4 is 0 Å². The Labute approximate surface area is 478 Å². The number of benzene rings is 10. The summed E-state index contributed by atoms with van der Waals surface area (Å²) in [7, 11) is 0. The summed E-state index contributed by atoms with van der Waals surface area (Å²) in [6.45, 7) is 11.8. The molecule has 0 radical (unpaired) electrons. The Morgan fingerprint density at radius 1 is 0.205 bits per heavy atom. The monoisotopic (exact) mass is 1130 g/mol. The summed E-state index contributed by atoms with van der Waals surface area (Å²) in [6.07, 6.45) is 0. The minimum absolute atomic E-state index is 0.217. The molecule has 0 aliphatic rings. The molecule has 0 fully saturated rings. The molecule has 0 aliphatic heterocycles. The molecule has 12 heteroatoms. The normalized spacial score (nSPS) is 11.3. The van der Waals surface area contributed by atoms with Gasteiger partial charge in [0.2, 0.25) is 30.7 Å². The summed E-state index contributed by atoms with van der Waals surface area (Å²) in [4.78, 5) is 89.4. The largest absolute Gasteiger partial charge is 0.281 e. The standard InChI is InChI=1S/C66H48O6S6/c1-37-7-19-43(20-8-37)61(67)73-55-31-49-50(32-56(55)74-62(68)44-21-9-38(2)10-22-44)52-34-58(76-64(70)46-25-13-40(4)14-26-46)60(78-66(72)48-29-17-42(6)18-30-48)36-54(52)53-35-59(77-65(71)47-27-15-41(5)16-28-47)57(33-51(49)53)75-63(69)45-23-11-39(3)12-24-45/h7-36H,1-6H3. The quantitative estimate of drug-likeness (QED) is 0.0860. The van der Waals surface area contributed by atoms with E-state index in [1.807, 2.05) is 151 Å². The van der Waals surface area contributed by atoms with Gasteiger partial charge >= 0.3 is 0 Å². The summed E-state index contributed by atoms with van der Waals surface area (Å²) in [5.74, 6) is 0. The van der Waals surface area contributed by atoms with Gasteiger partial charge in [-0.15, -0.1) is 0 Å². The van der Waals surface area contributed by atoms with Crippen LogP contribution in [-0.2, 0) is 0 Å². The summed E-state index contributed by atoms with van der Waals surface area (Å²) in [6, 6.07) is 55.8. The van der Waals surface area contributed by atoms with Gasteiger partial charge in [0.15, 0.2) is 0 Å². The first kappa shape index (κ1) is 54.5. The molecule has 0 unspecified atom stereocenters. The molecule has 0 aromatic heterocycles. The van der Waals surface area contributed by atoms with Crippen LogP contribution in [0, 0.1) is 41.5 Å². The van der Waals surface area contributed by atoms with Crippen LogP contribution in [0.25, 0.3) is 32.3 Å². The molecule has 0 amide bonds. The fourth-order valence-corrected chi connectivity index (χ4v) is 14.1. The molecule has 0 N–H and O–H groups in total. The lowest BCUT2D eigenvalue weighted by Gasteiger charge is -2.19. The van der Waals surface area contributed by atoms with Crippen molar-refractivity contribution in [2.75, 3.05) is 0 Å². The van der Waals surface area contributed by atoms with Crippen molar-refractivity contribution in [3.63, 3.8) is 0 Å². The highest BCUT2D eigenvalue weighted by atomic mass is 32.2. The van der Waals surface area contributed by atoms with Crippen LogP contribution in [0.3, 0.4) is 0 Å². The number of carbonyl (C=O) groups excluding carboxylic acids is 6. The Kier molecular flexibility index (Phi) is 16.5. The van der Waals surface area contributed by atoms with Crippen molar-refractivity contribution < 1.29 is 28.8 Å². The van der Waals surface area contributed by atoms with Crippen LogP contribution in [0.5, 0.6) is 0 Å². The van der Waals surface area contributed by atoms with Crippen molar-refractivity contribution in [3.8, 4) is 0 Å². The third kappa shape index (κ3) is 12.3. The number of hydrogen-bond acceptors (Lipinski definition) is 12. The van der Waals surface area contributed by atoms with Gasteiger partial charge in [0.25, 0.3) is 0 Å². The van der Waals surface area contributed by atoms with Gasteiger partial charge in [-0.1, -0.05) is 179 Å². The second-order valence-electron chi connectivity index (χ2n) is 19.1. The smallest absolute Gasteiger partial charge is 0.224 e. The van der Waals surface area contributed by atoms with E-state index in [0.29, 0.717) is 95.1 Å². The van der Waals surface area contributed by atoms with Crippen LogP contribution in [0.4, 0.5) is 0 Å². The highest BCUT2D eigenvalue weighted by Gasteiger charge is 2.25. The number of thioether (sulfide) groups is 6. The topological polar surface area (TPSA) is 102 Å². The van der Waals surface area contributed by atoms with Gasteiger partial charge in [-0.25, -0.2) is 0 Å². The average molecular weight is 1130 g/mol. The van der Waals surface area contributed by atoms with E-state index in [1.54, 1.807) is 72.8 Å². The minimum atomic E-state index is -0.217. The van der Waals surface area contributed by atoms with Crippen LogP contribution in [0.2, 0.25) is 0 Å². The number of fused-ring (bicyclic) bond motifs is 6. The van der Waals surface area contributed by atoms with Crippen LogP contribution in [0.15, 0.2) is 211 Å². The number of carbonyl (C=O) groups is 6. The molecule has 0 spiro atoms. The fraction of sp³-hybridized carbons (Fsp3) is 0.0909. The van der Waals surface area contributed by atoms with Crippen molar-refractivity contribution in [2.24, 2.45) is 0 Å². The van der Waals surface area contributed by atoms with Gasteiger partial charge in [0.1, 0.15) is 0 Å². The van der Waals surface area contributed by atoms with Crippen LogP contribution >= 0.6 is 70.6 Å². The zero-order chi connectivity index (χ0) is 54.8. The van der Waals surface area contributed by atoms with Crippen molar-refractivity contribution in [2.45, 2.75) is 70.9 Å². The first-order valence-electron chi connectivity index (χ1n) is 24.8. The van der Waals surface area contributed by atoms with Gasteiger partial charge in [-0.05, 0) is 181 Å². The van der Waals surface area contributed by atoms with E-state index in [1.165, 1.54) is 0 Å². The minimum Gasteiger partial charge on any atom is -0.281 e. The zero-order valence-electron chi connectivity index (χ0n) is 43.2. The molecule has 0 saturated carbocycles. The number of hydrogen-bond donors (Lipinski definition) is 0. The van der Waals surface area contributed by atoms with Crippen molar-refractivity contribution >= 4 is 134 Å². The maximum Gasteiger partial charge on any atom is 0.224 e. The van der Waals surface area contributed by atoms with Gasteiger partial charge in [0.05, 0.1) is 0 Å². The Hall–Kier alpha value is -6.90. The van der Waals surface area contributed by atoms with E-state index in [0.717, 1.165) is 104 Å². The predicted molar refractivity (Wildman–Crippen MR) is 327 cm³/mol. The first-order chi connectivity index (χ1) is 37.5. The molecule has 78 heavy (non-hydrogen) atoms. The lowest BCUT2D eigenvalue weighted by molar-refractivity contribution is 0.108. The van der Waals surface area contributed by atoms with E-state index < -0.39 is 0 Å². The molecule has 10 aromatic carbocycles. The molecule has 10 aromatic rings. The highest BCUT2D eigenvalue weighted by molar-refractivity contribution is 8.18.